The minimum absolute atomic E-state index is 0.119. The molecule has 0 aliphatic heterocycles. The summed E-state index contributed by atoms with van der Waals surface area (Å²) in [5, 5.41) is 6.56. The van der Waals surface area contributed by atoms with Gasteiger partial charge in [0.2, 0.25) is 0 Å². The molecule has 9 nitrogen and oxygen atoms in total. The van der Waals surface area contributed by atoms with Gasteiger partial charge < -0.3 is 9.64 Å². The fourth-order valence-corrected chi connectivity index (χ4v) is 3.42. The van der Waals surface area contributed by atoms with E-state index in [-0.39, 0.29) is 16.6 Å². The van der Waals surface area contributed by atoms with E-state index in [4.69, 9.17) is 4.74 Å². The van der Waals surface area contributed by atoms with Gasteiger partial charge in [-0.05, 0) is 13.8 Å². The number of hydrogen-bond donors (Lipinski definition) is 2. The SMILES string of the molecule is COc1ncc(NS(=O)(=O)c2c(C)n[nH]c2C)c(N(C)C)n1. The summed E-state index contributed by atoms with van der Waals surface area (Å²) in [6, 6.07) is 0.155. The fraction of sp³-hybridized carbons (Fsp3) is 0.417. The summed E-state index contributed by atoms with van der Waals surface area (Å²) in [6.45, 7) is 3.27. The number of nitrogens with one attached hydrogen (secondary N) is 2. The highest BCUT2D eigenvalue weighted by molar-refractivity contribution is 7.92. The second kappa shape index (κ2) is 5.79. The van der Waals surface area contributed by atoms with Crippen molar-refractivity contribution < 1.29 is 13.2 Å². The van der Waals surface area contributed by atoms with E-state index in [2.05, 4.69) is 24.9 Å². The number of rotatable bonds is 5. The molecule has 2 aromatic rings. The van der Waals surface area contributed by atoms with Crippen LogP contribution in [0.5, 0.6) is 6.01 Å². The minimum atomic E-state index is -3.80. The Morgan fingerprint density at radius 1 is 1.32 bits per heavy atom. The highest BCUT2D eigenvalue weighted by atomic mass is 32.2. The summed E-state index contributed by atoms with van der Waals surface area (Å²) in [7, 11) is 1.13. The largest absolute Gasteiger partial charge is 0.467 e. The monoisotopic (exact) mass is 326 g/mol. The van der Waals surface area contributed by atoms with E-state index in [9.17, 15) is 8.42 Å². The number of nitrogens with zero attached hydrogens (tertiary/aromatic N) is 4. The van der Waals surface area contributed by atoms with Crippen LogP contribution in [0.2, 0.25) is 0 Å². The number of sulfonamides is 1. The molecule has 22 heavy (non-hydrogen) atoms. The maximum absolute atomic E-state index is 12.6. The highest BCUT2D eigenvalue weighted by Crippen LogP contribution is 2.27. The Hall–Kier alpha value is -2.36. The summed E-state index contributed by atoms with van der Waals surface area (Å²) >= 11 is 0. The molecule has 2 rings (SSSR count). The molecule has 0 atom stereocenters. The molecule has 120 valence electrons. The lowest BCUT2D eigenvalue weighted by atomic mass is 10.4. The van der Waals surface area contributed by atoms with Gasteiger partial charge in [-0.2, -0.15) is 10.1 Å². The van der Waals surface area contributed by atoms with E-state index in [0.29, 0.717) is 17.2 Å². The molecule has 0 amide bonds. The first-order chi connectivity index (χ1) is 10.3. The van der Waals surface area contributed by atoms with E-state index in [1.54, 1.807) is 32.8 Å². The van der Waals surface area contributed by atoms with Crippen LogP contribution in [0.15, 0.2) is 11.1 Å². The molecule has 0 spiro atoms. The Balaban J connectivity index is 2.46. The molecule has 0 aliphatic rings. The molecule has 10 heteroatoms. The quantitative estimate of drug-likeness (QED) is 0.831. The lowest BCUT2D eigenvalue weighted by Gasteiger charge is -2.17. The first-order valence-electron chi connectivity index (χ1n) is 6.39. The van der Waals surface area contributed by atoms with E-state index < -0.39 is 10.0 Å². The van der Waals surface area contributed by atoms with Gasteiger partial charge in [0.1, 0.15) is 10.6 Å². The molecule has 0 radical (unpaired) electrons. The number of aromatic amines is 1. The van der Waals surface area contributed by atoms with Crippen molar-refractivity contribution in [3.8, 4) is 6.01 Å². The van der Waals surface area contributed by atoms with Crippen LogP contribution < -0.4 is 14.4 Å². The van der Waals surface area contributed by atoms with Crippen LogP contribution in [0.4, 0.5) is 11.5 Å². The molecular weight excluding hydrogens is 308 g/mol. The third-order valence-corrected chi connectivity index (χ3v) is 4.55. The highest BCUT2D eigenvalue weighted by Gasteiger charge is 2.24. The van der Waals surface area contributed by atoms with Crippen molar-refractivity contribution in [1.82, 2.24) is 20.2 Å². The summed E-state index contributed by atoms with van der Waals surface area (Å²) in [4.78, 5) is 9.87. The molecular formula is C12H18N6O3S. The average molecular weight is 326 g/mol. The summed E-state index contributed by atoms with van der Waals surface area (Å²) < 4.78 is 32.6. The van der Waals surface area contributed by atoms with Crippen molar-refractivity contribution in [2.75, 3.05) is 30.8 Å². The molecule has 0 saturated heterocycles. The molecule has 0 aromatic carbocycles. The Kier molecular flexibility index (Phi) is 4.22. The van der Waals surface area contributed by atoms with Crippen LogP contribution >= 0.6 is 0 Å². The van der Waals surface area contributed by atoms with Crippen LogP contribution in [0.3, 0.4) is 0 Å². The van der Waals surface area contributed by atoms with E-state index in [1.807, 2.05) is 0 Å². The second-order valence-electron chi connectivity index (χ2n) is 4.86. The lowest BCUT2D eigenvalue weighted by molar-refractivity contribution is 0.380. The zero-order chi connectivity index (χ0) is 16.5. The zero-order valence-electron chi connectivity index (χ0n) is 13.0. The van der Waals surface area contributed by atoms with E-state index in [0.717, 1.165) is 0 Å². The zero-order valence-corrected chi connectivity index (χ0v) is 13.8. The van der Waals surface area contributed by atoms with Crippen molar-refractivity contribution >= 4 is 21.5 Å². The molecule has 2 N–H and O–H groups in total. The van der Waals surface area contributed by atoms with Crippen LogP contribution in [0.1, 0.15) is 11.4 Å². The number of methoxy groups -OCH3 is 1. The molecule has 0 aliphatic carbocycles. The number of H-pyrrole nitrogens is 1. The second-order valence-corrected chi connectivity index (χ2v) is 6.48. The fourth-order valence-electron chi connectivity index (χ4n) is 2.00. The van der Waals surface area contributed by atoms with Crippen molar-refractivity contribution in [2.45, 2.75) is 18.7 Å². The predicted octanol–water partition coefficient (Wildman–Crippen LogP) is 0.692. The van der Waals surface area contributed by atoms with Crippen LogP contribution in [0, 0.1) is 13.8 Å². The van der Waals surface area contributed by atoms with Crippen LogP contribution in [-0.4, -0.2) is 49.8 Å². The van der Waals surface area contributed by atoms with Crippen molar-refractivity contribution in [3.05, 3.63) is 17.6 Å². The van der Waals surface area contributed by atoms with Gasteiger partial charge in [-0.3, -0.25) is 9.82 Å². The molecule has 0 fully saturated rings. The third kappa shape index (κ3) is 2.96. The van der Waals surface area contributed by atoms with E-state index in [1.165, 1.54) is 13.3 Å². The molecule has 2 heterocycles. The maximum Gasteiger partial charge on any atom is 0.318 e. The Morgan fingerprint density at radius 3 is 2.50 bits per heavy atom. The standard InChI is InChI=1S/C12H18N6O3S/c1-7-10(8(2)16-15-7)22(19,20)17-9-6-13-12(21-5)14-11(9)18(3)4/h6,17H,1-5H3,(H,15,16). The third-order valence-electron chi connectivity index (χ3n) is 2.93. The first kappa shape index (κ1) is 16.0. The van der Waals surface area contributed by atoms with Gasteiger partial charge in [0.05, 0.1) is 24.7 Å². The topological polar surface area (TPSA) is 113 Å². The van der Waals surface area contributed by atoms with Crippen LogP contribution in [0.25, 0.3) is 0 Å². The number of hydrogen-bond acceptors (Lipinski definition) is 7. The summed E-state index contributed by atoms with van der Waals surface area (Å²) in [6.07, 6.45) is 1.36. The first-order valence-corrected chi connectivity index (χ1v) is 7.87. The Morgan fingerprint density at radius 2 is 2.00 bits per heavy atom. The molecule has 2 aromatic heterocycles. The number of ether oxygens (including phenoxy) is 1. The van der Waals surface area contributed by atoms with Crippen molar-refractivity contribution in [1.29, 1.82) is 0 Å². The van der Waals surface area contributed by atoms with E-state index >= 15 is 0 Å². The number of aromatic nitrogens is 4. The van der Waals surface area contributed by atoms with Gasteiger partial charge in [-0.25, -0.2) is 13.4 Å². The van der Waals surface area contributed by atoms with Gasteiger partial charge in [-0.1, -0.05) is 0 Å². The summed E-state index contributed by atoms with van der Waals surface area (Å²) in [5.41, 5.74) is 1.11. The lowest BCUT2D eigenvalue weighted by Crippen LogP contribution is -2.19. The van der Waals surface area contributed by atoms with Gasteiger partial charge in [0.25, 0.3) is 10.0 Å². The molecule has 0 bridgehead atoms. The number of anilines is 2. The predicted molar refractivity (Wildman–Crippen MR) is 81.8 cm³/mol. The normalized spacial score (nSPS) is 11.3. The molecule has 0 saturated carbocycles. The Bertz CT molecular complexity index is 765. The van der Waals surface area contributed by atoms with Gasteiger partial charge >= 0.3 is 6.01 Å². The smallest absolute Gasteiger partial charge is 0.318 e. The minimum Gasteiger partial charge on any atom is -0.467 e. The number of aryl methyl sites for hydroxylation is 2. The summed E-state index contributed by atoms with van der Waals surface area (Å²) in [5.74, 6) is 0.397. The average Bonchev–Trinajstić information content (AvgIpc) is 2.78. The maximum atomic E-state index is 12.6. The van der Waals surface area contributed by atoms with Crippen LogP contribution in [-0.2, 0) is 10.0 Å². The van der Waals surface area contributed by atoms with Gasteiger partial charge in [-0.15, -0.1) is 0 Å². The van der Waals surface area contributed by atoms with Crippen molar-refractivity contribution in [2.24, 2.45) is 0 Å². The molecule has 0 unspecified atom stereocenters. The van der Waals surface area contributed by atoms with Crippen molar-refractivity contribution in [3.63, 3.8) is 0 Å². The van der Waals surface area contributed by atoms with Gasteiger partial charge in [0.15, 0.2) is 5.82 Å². The Labute approximate surface area is 128 Å². The van der Waals surface area contributed by atoms with Gasteiger partial charge in [0, 0.05) is 14.1 Å².